The van der Waals surface area contributed by atoms with E-state index in [-0.39, 0.29) is 29.1 Å². The van der Waals surface area contributed by atoms with E-state index in [4.69, 9.17) is 5.73 Å². The van der Waals surface area contributed by atoms with Crippen molar-refractivity contribution in [2.45, 2.75) is 20.4 Å². The molecule has 2 aliphatic rings. The van der Waals surface area contributed by atoms with Gasteiger partial charge in [0.15, 0.2) is 0 Å². The zero-order chi connectivity index (χ0) is 13.1. The van der Waals surface area contributed by atoms with E-state index < -0.39 is 0 Å². The van der Waals surface area contributed by atoms with Crippen LogP contribution >= 0.6 is 0 Å². The number of imide groups is 1. The van der Waals surface area contributed by atoms with Crippen molar-refractivity contribution in [2.75, 3.05) is 5.73 Å². The monoisotopic (exact) mass is 244 g/mol. The first-order chi connectivity index (χ1) is 8.44. The van der Waals surface area contributed by atoms with E-state index in [0.717, 1.165) is 5.56 Å². The Morgan fingerprint density at radius 2 is 1.72 bits per heavy atom. The number of piperidine rings is 1. The van der Waals surface area contributed by atoms with Crippen LogP contribution in [0, 0.1) is 17.3 Å². The minimum atomic E-state index is -0.146. The number of benzene rings is 1. The summed E-state index contributed by atoms with van der Waals surface area (Å²) in [5.41, 5.74) is 7.15. The third-order valence-corrected chi connectivity index (χ3v) is 4.28. The van der Waals surface area contributed by atoms with Gasteiger partial charge in [0.2, 0.25) is 11.8 Å². The molecule has 2 unspecified atom stereocenters. The van der Waals surface area contributed by atoms with Crippen LogP contribution in [0.3, 0.4) is 0 Å². The molecule has 2 atom stereocenters. The molecule has 0 spiro atoms. The number of anilines is 1. The van der Waals surface area contributed by atoms with Gasteiger partial charge in [-0.25, -0.2) is 0 Å². The molecule has 2 fully saturated rings. The van der Waals surface area contributed by atoms with E-state index >= 15 is 0 Å². The van der Waals surface area contributed by atoms with Gasteiger partial charge in [-0.1, -0.05) is 32.0 Å². The Morgan fingerprint density at radius 3 is 2.28 bits per heavy atom. The van der Waals surface area contributed by atoms with Gasteiger partial charge in [0.1, 0.15) is 0 Å². The summed E-state index contributed by atoms with van der Waals surface area (Å²) in [6, 6.07) is 7.34. The second-order valence-corrected chi connectivity index (χ2v) is 5.74. The lowest BCUT2D eigenvalue weighted by atomic mass is 10.0. The molecule has 1 aliphatic carbocycles. The standard InChI is InChI=1S/C14H16N2O2/c1-14(2)10-11(14)13(18)16(12(10)17)7-8-5-3-4-6-9(8)15/h3-6,10-11H,7,15H2,1-2H3. The van der Waals surface area contributed by atoms with Crippen molar-refractivity contribution in [3.05, 3.63) is 29.8 Å². The fraction of sp³-hybridized carbons (Fsp3) is 0.429. The highest BCUT2D eigenvalue weighted by Crippen LogP contribution is 2.63. The van der Waals surface area contributed by atoms with Gasteiger partial charge in [-0.2, -0.15) is 0 Å². The molecule has 0 bridgehead atoms. The van der Waals surface area contributed by atoms with Crippen LogP contribution < -0.4 is 5.73 Å². The number of nitrogens with zero attached hydrogens (tertiary/aromatic N) is 1. The van der Waals surface area contributed by atoms with Crippen molar-refractivity contribution < 1.29 is 9.59 Å². The summed E-state index contributed by atoms with van der Waals surface area (Å²) in [7, 11) is 0. The molecule has 1 aromatic rings. The van der Waals surface area contributed by atoms with Gasteiger partial charge in [-0.05, 0) is 17.0 Å². The van der Waals surface area contributed by atoms with Crippen LogP contribution in [0.1, 0.15) is 19.4 Å². The number of rotatable bonds is 2. The molecule has 1 saturated carbocycles. The van der Waals surface area contributed by atoms with E-state index in [1.165, 1.54) is 4.90 Å². The van der Waals surface area contributed by atoms with E-state index in [1.807, 2.05) is 32.0 Å². The number of hydrogen-bond acceptors (Lipinski definition) is 3. The van der Waals surface area contributed by atoms with Gasteiger partial charge < -0.3 is 5.73 Å². The first-order valence-electron chi connectivity index (χ1n) is 6.13. The van der Waals surface area contributed by atoms with Crippen LogP contribution in [0.4, 0.5) is 5.69 Å². The normalized spacial score (nSPS) is 28.4. The van der Waals surface area contributed by atoms with Crippen molar-refractivity contribution in [1.82, 2.24) is 4.90 Å². The minimum Gasteiger partial charge on any atom is -0.398 e. The molecule has 1 heterocycles. The third kappa shape index (κ3) is 1.32. The predicted molar refractivity (Wildman–Crippen MR) is 67.2 cm³/mol. The first kappa shape index (κ1) is 11.3. The topological polar surface area (TPSA) is 63.4 Å². The zero-order valence-electron chi connectivity index (χ0n) is 10.5. The highest BCUT2D eigenvalue weighted by Gasteiger charge is 2.72. The second-order valence-electron chi connectivity index (χ2n) is 5.74. The van der Waals surface area contributed by atoms with Crippen molar-refractivity contribution >= 4 is 17.5 Å². The van der Waals surface area contributed by atoms with Gasteiger partial charge in [0.05, 0.1) is 18.4 Å². The van der Waals surface area contributed by atoms with Crippen molar-refractivity contribution in [2.24, 2.45) is 17.3 Å². The van der Waals surface area contributed by atoms with Crippen LogP contribution in [0.5, 0.6) is 0 Å². The average Bonchev–Trinajstić information content (AvgIpc) is 2.78. The van der Waals surface area contributed by atoms with E-state index in [9.17, 15) is 9.59 Å². The number of nitrogens with two attached hydrogens (primary N) is 1. The summed E-state index contributed by atoms with van der Waals surface area (Å²) in [6.45, 7) is 4.26. The summed E-state index contributed by atoms with van der Waals surface area (Å²) < 4.78 is 0. The SMILES string of the molecule is CC1(C)C2C(=O)N(Cc3ccccc3N)C(=O)C21. The molecule has 94 valence electrons. The highest BCUT2D eigenvalue weighted by atomic mass is 16.2. The maximum atomic E-state index is 12.2. The molecule has 4 heteroatoms. The second kappa shape index (κ2) is 3.34. The van der Waals surface area contributed by atoms with Crippen molar-refractivity contribution in [3.63, 3.8) is 0 Å². The highest BCUT2D eigenvalue weighted by molar-refractivity contribution is 6.10. The van der Waals surface area contributed by atoms with Crippen LogP contribution in [0.15, 0.2) is 24.3 Å². The minimum absolute atomic E-state index is 0.0433. The van der Waals surface area contributed by atoms with Gasteiger partial charge in [0.25, 0.3) is 0 Å². The van der Waals surface area contributed by atoms with Crippen LogP contribution in [-0.2, 0) is 16.1 Å². The Balaban J connectivity index is 1.83. The number of nitrogen functional groups attached to an aromatic ring is 1. The summed E-state index contributed by atoms with van der Waals surface area (Å²) in [4.78, 5) is 25.7. The van der Waals surface area contributed by atoms with Gasteiger partial charge in [-0.15, -0.1) is 0 Å². The smallest absolute Gasteiger partial charge is 0.233 e. The van der Waals surface area contributed by atoms with E-state index in [0.29, 0.717) is 12.2 Å². The number of fused-ring (bicyclic) bond motifs is 1. The maximum absolute atomic E-state index is 12.2. The molecule has 3 rings (SSSR count). The molecular formula is C14H16N2O2. The Labute approximate surface area is 106 Å². The lowest BCUT2D eigenvalue weighted by molar-refractivity contribution is -0.143. The lowest BCUT2D eigenvalue weighted by Crippen LogP contribution is -2.35. The molecule has 18 heavy (non-hydrogen) atoms. The fourth-order valence-electron chi connectivity index (χ4n) is 3.01. The molecule has 1 saturated heterocycles. The third-order valence-electron chi connectivity index (χ3n) is 4.28. The number of para-hydroxylation sites is 1. The van der Waals surface area contributed by atoms with Gasteiger partial charge in [-0.3, -0.25) is 14.5 Å². The first-order valence-corrected chi connectivity index (χ1v) is 6.13. The molecule has 1 aromatic carbocycles. The summed E-state index contributed by atoms with van der Waals surface area (Å²) in [5.74, 6) is -0.318. The molecule has 1 aliphatic heterocycles. The zero-order valence-corrected chi connectivity index (χ0v) is 10.5. The number of carbonyl (C=O) groups is 2. The molecule has 4 nitrogen and oxygen atoms in total. The average molecular weight is 244 g/mol. The molecule has 0 radical (unpaired) electrons. The Hall–Kier alpha value is -1.84. The molecule has 2 amide bonds. The largest absolute Gasteiger partial charge is 0.398 e. The van der Waals surface area contributed by atoms with Crippen molar-refractivity contribution in [3.8, 4) is 0 Å². The summed E-state index contributed by atoms with van der Waals surface area (Å²) >= 11 is 0. The van der Waals surface area contributed by atoms with Gasteiger partial charge >= 0.3 is 0 Å². The molecule has 2 N–H and O–H groups in total. The fourth-order valence-corrected chi connectivity index (χ4v) is 3.01. The quantitative estimate of drug-likeness (QED) is 0.632. The molecular weight excluding hydrogens is 228 g/mol. The van der Waals surface area contributed by atoms with Crippen molar-refractivity contribution in [1.29, 1.82) is 0 Å². The maximum Gasteiger partial charge on any atom is 0.233 e. The van der Waals surface area contributed by atoms with E-state index in [2.05, 4.69) is 0 Å². The molecule has 0 aromatic heterocycles. The number of hydrogen-bond donors (Lipinski definition) is 1. The predicted octanol–water partition coefficient (Wildman–Crippen LogP) is 1.41. The number of likely N-dealkylation sites (tertiary alicyclic amines) is 1. The number of carbonyl (C=O) groups excluding carboxylic acids is 2. The van der Waals surface area contributed by atoms with Gasteiger partial charge in [0, 0.05) is 5.69 Å². The summed E-state index contributed by atoms with van der Waals surface area (Å²) in [5, 5.41) is 0. The Morgan fingerprint density at radius 1 is 1.17 bits per heavy atom. The Kier molecular flexibility index (Phi) is 2.09. The number of amides is 2. The summed E-state index contributed by atoms with van der Waals surface area (Å²) in [6.07, 6.45) is 0. The van der Waals surface area contributed by atoms with Crippen LogP contribution in [0.2, 0.25) is 0 Å². The Bertz CT molecular complexity index is 526. The van der Waals surface area contributed by atoms with Crippen LogP contribution in [-0.4, -0.2) is 16.7 Å². The van der Waals surface area contributed by atoms with Crippen LogP contribution in [0.25, 0.3) is 0 Å². The lowest BCUT2D eigenvalue weighted by Gasteiger charge is -2.21. The van der Waals surface area contributed by atoms with E-state index in [1.54, 1.807) is 6.07 Å².